The molecule has 0 bridgehead atoms. The summed E-state index contributed by atoms with van der Waals surface area (Å²) in [6.07, 6.45) is 0.998. The highest BCUT2D eigenvalue weighted by atomic mass is 16.6. The van der Waals surface area contributed by atoms with E-state index >= 15 is 0 Å². The van der Waals surface area contributed by atoms with Crippen molar-refractivity contribution in [3.8, 4) is 0 Å². The first-order chi connectivity index (χ1) is 4.74. The second kappa shape index (κ2) is 2.82. The summed E-state index contributed by atoms with van der Waals surface area (Å²) >= 11 is 0. The maximum absolute atomic E-state index is 10.9. The van der Waals surface area contributed by atoms with Crippen LogP contribution >= 0.6 is 0 Å². The van der Waals surface area contributed by atoms with Crippen LogP contribution in [0.5, 0.6) is 0 Å². The molecule has 0 aromatic heterocycles. The molecular weight excluding hydrogens is 132 g/mol. The largest absolute Gasteiger partial charge is 0.454 e. The molecule has 0 aromatic carbocycles. The van der Waals surface area contributed by atoms with Gasteiger partial charge in [0.1, 0.15) is 0 Å². The first-order valence-corrected chi connectivity index (χ1v) is 3.46. The average Bonchev–Trinajstić information content (AvgIpc) is 2.34. The van der Waals surface area contributed by atoms with Crippen LogP contribution in [0.1, 0.15) is 26.2 Å². The van der Waals surface area contributed by atoms with Gasteiger partial charge in [-0.25, -0.2) is 0 Å². The maximum Gasteiger partial charge on any atom is 0.306 e. The molecule has 0 amide bonds. The quantitative estimate of drug-likeness (QED) is 0.532. The third-order valence-electron chi connectivity index (χ3n) is 1.59. The van der Waals surface area contributed by atoms with Crippen molar-refractivity contribution in [2.45, 2.75) is 32.3 Å². The zero-order valence-electron chi connectivity index (χ0n) is 5.92. The molecule has 1 heterocycles. The van der Waals surface area contributed by atoms with Gasteiger partial charge in [-0.1, -0.05) is 6.92 Å². The van der Waals surface area contributed by atoms with Gasteiger partial charge in [0.15, 0.2) is 11.9 Å². The Kier molecular flexibility index (Phi) is 2.04. The zero-order valence-corrected chi connectivity index (χ0v) is 5.92. The van der Waals surface area contributed by atoms with Gasteiger partial charge in [0, 0.05) is 19.3 Å². The van der Waals surface area contributed by atoms with E-state index in [2.05, 4.69) is 0 Å². The highest BCUT2D eigenvalue weighted by Crippen LogP contribution is 2.15. The standard InChI is InChI=1S/C7H10O3/c1-2-5(8)6-3-4-7(9)10-6/h6H,2-4H2,1H3. The number of Topliss-reactive ketones (excluding diaryl/α,β-unsaturated/α-hetero) is 1. The van der Waals surface area contributed by atoms with E-state index in [4.69, 9.17) is 4.74 Å². The Balaban J connectivity index is 2.44. The molecular formula is C7H10O3. The summed E-state index contributed by atoms with van der Waals surface area (Å²) in [5.41, 5.74) is 0. The number of rotatable bonds is 2. The molecule has 1 aliphatic heterocycles. The summed E-state index contributed by atoms with van der Waals surface area (Å²) in [5.74, 6) is -0.211. The topological polar surface area (TPSA) is 43.4 Å². The van der Waals surface area contributed by atoms with E-state index in [0.717, 1.165) is 0 Å². The Bertz CT molecular complexity index is 162. The predicted octanol–water partition coefficient (Wildman–Crippen LogP) is 0.671. The monoisotopic (exact) mass is 142 g/mol. The van der Waals surface area contributed by atoms with Crippen molar-refractivity contribution in [3.05, 3.63) is 0 Å². The molecule has 1 fully saturated rings. The minimum atomic E-state index is -0.433. The van der Waals surface area contributed by atoms with Crippen LogP contribution in [0.15, 0.2) is 0 Å². The van der Waals surface area contributed by atoms with E-state index in [1.54, 1.807) is 6.92 Å². The Morgan fingerprint density at radius 1 is 1.80 bits per heavy atom. The molecule has 1 rings (SSSR count). The first-order valence-electron chi connectivity index (χ1n) is 3.46. The van der Waals surface area contributed by atoms with Crippen LogP contribution in [0.25, 0.3) is 0 Å². The smallest absolute Gasteiger partial charge is 0.306 e. The van der Waals surface area contributed by atoms with Crippen LogP contribution in [-0.2, 0) is 14.3 Å². The third kappa shape index (κ3) is 1.35. The molecule has 1 aliphatic rings. The predicted molar refractivity (Wildman–Crippen MR) is 34.4 cm³/mol. The lowest BCUT2D eigenvalue weighted by molar-refractivity contribution is -0.147. The molecule has 0 aromatic rings. The lowest BCUT2D eigenvalue weighted by atomic mass is 10.1. The van der Waals surface area contributed by atoms with Gasteiger partial charge in [0.25, 0.3) is 0 Å². The van der Waals surface area contributed by atoms with E-state index in [0.29, 0.717) is 19.3 Å². The molecule has 3 heteroatoms. The van der Waals surface area contributed by atoms with Gasteiger partial charge in [0.05, 0.1) is 0 Å². The van der Waals surface area contributed by atoms with Gasteiger partial charge in [-0.15, -0.1) is 0 Å². The average molecular weight is 142 g/mol. The molecule has 0 aliphatic carbocycles. The number of esters is 1. The van der Waals surface area contributed by atoms with Crippen molar-refractivity contribution >= 4 is 11.8 Å². The van der Waals surface area contributed by atoms with Crippen molar-refractivity contribution < 1.29 is 14.3 Å². The molecule has 0 saturated carbocycles. The SMILES string of the molecule is CCC(=O)C1CCC(=O)O1. The van der Waals surface area contributed by atoms with Gasteiger partial charge in [-0.05, 0) is 0 Å². The van der Waals surface area contributed by atoms with Crippen molar-refractivity contribution in [1.82, 2.24) is 0 Å². The van der Waals surface area contributed by atoms with Crippen molar-refractivity contribution in [1.29, 1.82) is 0 Å². The van der Waals surface area contributed by atoms with E-state index in [-0.39, 0.29) is 11.8 Å². The van der Waals surface area contributed by atoms with E-state index < -0.39 is 6.10 Å². The number of hydrogen-bond acceptors (Lipinski definition) is 3. The summed E-state index contributed by atoms with van der Waals surface area (Å²) in [5, 5.41) is 0. The Morgan fingerprint density at radius 2 is 2.50 bits per heavy atom. The Morgan fingerprint density at radius 3 is 2.90 bits per heavy atom. The zero-order chi connectivity index (χ0) is 7.56. The molecule has 1 atom stereocenters. The van der Waals surface area contributed by atoms with E-state index in [1.165, 1.54) is 0 Å². The minimum Gasteiger partial charge on any atom is -0.454 e. The summed E-state index contributed by atoms with van der Waals surface area (Å²) in [6, 6.07) is 0. The summed E-state index contributed by atoms with van der Waals surface area (Å²) in [4.78, 5) is 21.4. The van der Waals surface area contributed by atoms with Crippen LogP contribution in [0.4, 0.5) is 0 Å². The molecule has 0 N–H and O–H groups in total. The highest BCUT2D eigenvalue weighted by Gasteiger charge is 2.27. The number of carbonyl (C=O) groups is 2. The van der Waals surface area contributed by atoms with Gasteiger partial charge >= 0.3 is 5.97 Å². The van der Waals surface area contributed by atoms with Crippen LogP contribution < -0.4 is 0 Å². The normalized spacial score (nSPS) is 24.5. The van der Waals surface area contributed by atoms with E-state index in [1.807, 2.05) is 0 Å². The molecule has 1 unspecified atom stereocenters. The fourth-order valence-electron chi connectivity index (χ4n) is 0.980. The molecule has 3 nitrogen and oxygen atoms in total. The molecule has 56 valence electrons. The Hall–Kier alpha value is -0.860. The first kappa shape index (κ1) is 7.25. The van der Waals surface area contributed by atoms with Gasteiger partial charge < -0.3 is 4.74 Å². The summed E-state index contributed by atoms with van der Waals surface area (Å²) in [7, 11) is 0. The minimum absolute atomic E-state index is 0.0332. The van der Waals surface area contributed by atoms with Gasteiger partial charge in [-0.3, -0.25) is 9.59 Å². The van der Waals surface area contributed by atoms with Crippen LogP contribution in [-0.4, -0.2) is 17.9 Å². The third-order valence-corrected chi connectivity index (χ3v) is 1.59. The summed E-state index contributed by atoms with van der Waals surface area (Å²) in [6.45, 7) is 1.77. The molecule has 10 heavy (non-hydrogen) atoms. The lowest BCUT2D eigenvalue weighted by Crippen LogP contribution is -2.18. The fourth-order valence-corrected chi connectivity index (χ4v) is 0.980. The van der Waals surface area contributed by atoms with Gasteiger partial charge in [0.2, 0.25) is 0 Å². The number of hydrogen-bond donors (Lipinski definition) is 0. The van der Waals surface area contributed by atoms with Crippen molar-refractivity contribution in [2.24, 2.45) is 0 Å². The number of cyclic esters (lactones) is 1. The molecule has 0 radical (unpaired) electrons. The second-order valence-corrected chi connectivity index (χ2v) is 2.34. The summed E-state index contributed by atoms with van der Waals surface area (Å²) < 4.78 is 4.73. The van der Waals surface area contributed by atoms with Gasteiger partial charge in [-0.2, -0.15) is 0 Å². The van der Waals surface area contributed by atoms with Crippen LogP contribution in [0.2, 0.25) is 0 Å². The van der Waals surface area contributed by atoms with Crippen LogP contribution in [0, 0.1) is 0 Å². The van der Waals surface area contributed by atoms with Crippen molar-refractivity contribution in [3.63, 3.8) is 0 Å². The second-order valence-electron chi connectivity index (χ2n) is 2.34. The number of ether oxygens (including phenoxy) is 1. The number of carbonyl (C=O) groups excluding carboxylic acids is 2. The highest BCUT2D eigenvalue weighted by molar-refractivity contribution is 5.87. The fraction of sp³-hybridized carbons (Fsp3) is 0.714. The molecule has 1 saturated heterocycles. The number of ketones is 1. The van der Waals surface area contributed by atoms with Crippen LogP contribution in [0.3, 0.4) is 0 Å². The maximum atomic E-state index is 10.9. The molecule has 0 spiro atoms. The van der Waals surface area contributed by atoms with Crippen molar-refractivity contribution in [2.75, 3.05) is 0 Å². The van der Waals surface area contributed by atoms with E-state index in [9.17, 15) is 9.59 Å². The Labute approximate surface area is 59.4 Å². The lowest BCUT2D eigenvalue weighted by Gasteiger charge is -2.03.